The molecule has 2 bridgehead atoms. The second-order valence-corrected chi connectivity index (χ2v) is 6.04. The summed E-state index contributed by atoms with van der Waals surface area (Å²) in [7, 11) is 0. The summed E-state index contributed by atoms with van der Waals surface area (Å²) in [5, 5.41) is 21.0. The van der Waals surface area contributed by atoms with Crippen LogP contribution in [0.4, 0.5) is 0 Å². The molecule has 0 aromatic heterocycles. The van der Waals surface area contributed by atoms with Crippen molar-refractivity contribution in [3.05, 3.63) is 0 Å². The van der Waals surface area contributed by atoms with E-state index >= 15 is 0 Å². The van der Waals surface area contributed by atoms with Gasteiger partial charge in [0.15, 0.2) is 0 Å². The molecule has 3 saturated carbocycles. The first-order valence-electron chi connectivity index (χ1n) is 5.76. The first-order valence-corrected chi connectivity index (χ1v) is 5.76. The summed E-state index contributed by atoms with van der Waals surface area (Å²) in [5.74, 6) is 0.236. The van der Waals surface area contributed by atoms with E-state index in [1.807, 2.05) is 0 Å². The highest BCUT2D eigenvalue weighted by Gasteiger charge is 2.60. The molecule has 2 N–H and O–H groups in total. The molecule has 3 aliphatic carbocycles. The SMILES string of the molecule is CC(C)C1(O)CC2(O)CCC1(C)CC2. The molecule has 0 aromatic carbocycles. The average Bonchev–Trinajstić information content (AvgIpc) is 2.09. The normalized spacial score (nSPS) is 52.7. The van der Waals surface area contributed by atoms with Crippen LogP contribution < -0.4 is 0 Å². The fraction of sp³-hybridized carbons (Fsp3) is 1.00. The van der Waals surface area contributed by atoms with E-state index in [0.717, 1.165) is 25.7 Å². The van der Waals surface area contributed by atoms with Crippen LogP contribution in [0.15, 0.2) is 0 Å². The maximum absolute atomic E-state index is 10.7. The Morgan fingerprint density at radius 1 is 1.00 bits per heavy atom. The predicted molar refractivity (Wildman–Crippen MR) is 55.9 cm³/mol. The van der Waals surface area contributed by atoms with Crippen LogP contribution in [0.5, 0.6) is 0 Å². The summed E-state index contributed by atoms with van der Waals surface area (Å²) in [6.07, 6.45) is 4.27. The summed E-state index contributed by atoms with van der Waals surface area (Å²) in [5.41, 5.74) is -1.19. The van der Waals surface area contributed by atoms with Crippen LogP contribution in [-0.2, 0) is 0 Å². The third-order valence-electron chi connectivity index (χ3n) is 4.88. The molecule has 2 heteroatoms. The van der Waals surface area contributed by atoms with Crippen molar-refractivity contribution in [3.8, 4) is 0 Å². The zero-order valence-corrected chi connectivity index (χ0v) is 9.51. The third kappa shape index (κ3) is 1.17. The Balaban J connectivity index is 2.35. The van der Waals surface area contributed by atoms with Gasteiger partial charge in [-0.3, -0.25) is 0 Å². The van der Waals surface area contributed by atoms with Crippen LogP contribution >= 0.6 is 0 Å². The van der Waals surface area contributed by atoms with Crippen molar-refractivity contribution in [2.24, 2.45) is 11.3 Å². The summed E-state index contributed by atoms with van der Waals surface area (Å²) >= 11 is 0. The molecule has 3 rings (SSSR count). The Bertz CT molecular complexity index is 239. The topological polar surface area (TPSA) is 40.5 Å². The lowest BCUT2D eigenvalue weighted by molar-refractivity contribution is -0.231. The van der Waals surface area contributed by atoms with Crippen LogP contribution in [0.1, 0.15) is 52.9 Å². The predicted octanol–water partition coefficient (Wildman–Crippen LogP) is 2.09. The first-order chi connectivity index (χ1) is 6.31. The molecule has 82 valence electrons. The van der Waals surface area contributed by atoms with Crippen molar-refractivity contribution >= 4 is 0 Å². The minimum atomic E-state index is -0.655. The van der Waals surface area contributed by atoms with E-state index in [1.165, 1.54) is 0 Å². The molecule has 2 nitrogen and oxygen atoms in total. The van der Waals surface area contributed by atoms with Crippen LogP contribution in [0, 0.1) is 11.3 Å². The monoisotopic (exact) mass is 198 g/mol. The molecular formula is C12H22O2. The smallest absolute Gasteiger partial charge is 0.0751 e. The quantitative estimate of drug-likeness (QED) is 0.677. The maximum Gasteiger partial charge on any atom is 0.0751 e. The van der Waals surface area contributed by atoms with Crippen molar-refractivity contribution in [3.63, 3.8) is 0 Å². The molecule has 3 fully saturated rings. The van der Waals surface area contributed by atoms with Crippen LogP contribution in [-0.4, -0.2) is 21.4 Å². The fourth-order valence-electron chi connectivity index (χ4n) is 3.49. The second kappa shape index (κ2) is 2.73. The molecular weight excluding hydrogens is 176 g/mol. The molecule has 1 atom stereocenters. The van der Waals surface area contributed by atoms with Gasteiger partial charge in [-0.15, -0.1) is 0 Å². The van der Waals surface area contributed by atoms with Gasteiger partial charge in [-0.1, -0.05) is 20.8 Å². The third-order valence-corrected chi connectivity index (χ3v) is 4.88. The van der Waals surface area contributed by atoms with Crippen molar-refractivity contribution in [1.82, 2.24) is 0 Å². The van der Waals surface area contributed by atoms with E-state index in [9.17, 15) is 10.2 Å². The van der Waals surface area contributed by atoms with E-state index < -0.39 is 11.2 Å². The molecule has 0 saturated heterocycles. The Morgan fingerprint density at radius 2 is 1.50 bits per heavy atom. The van der Waals surface area contributed by atoms with Crippen molar-refractivity contribution in [2.45, 2.75) is 64.1 Å². The molecule has 0 spiro atoms. The van der Waals surface area contributed by atoms with E-state index in [4.69, 9.17) is 0 Å². The van der Waals surface area contributed by atoms with Gasteiger partial charge in [0.25, 0.3) is 0 Å². The van der Waals surface area contributed by atoms with Crippen molar-refractivity contribution in [1.29, 1.82) is 0 Å². The number of rotatable bonds is 1. The number of aliphatic hydroxyl groups is 2. The van der Waals surface area contributed by atoms with Gasteiger partial charge in [-0.05, 0) is 37.0 Å². The minimum Gasteiger partial charge on any atom is -0.390 e. The number of hydrogen-bond acceptors (Lipinski definition) is 2. The van der Waals surface area contributed by atoms with Crippen LogP contribution in [0.3, 0.4) is 0 Å². The summed E-state index contributed by atoms with van der Waals surface area (Å²) in [6, 6.07) is 0. The molecule has 0 amide bonds. The van der Waals surface area contributed by atoms with E-state index in [2.05, 4.69) is 20.8 Å². The zero-order valence-electron chi connectivity index (χ0n) is 9.51. The van der Waals surface area contributed by atoms with Crippen LogP contribution in [0.25, 0.3) is 0 Å². The molecule has 0 radical (unpaired) electrons. The zero-order chi connectivity index (χ0) is 10.6. The largest absolute Gasteiger partial charge is 0.390 e. The number of fused-ring (bicyclic) bond motifs is 3. The standard InChI is InChI=1S/C12H22O2/c1-9(2)12(14)8-11(13)6-4-10(12,3)5-7-11/h9,13-14H,4-8H2,1-3H3. The van der Waals surface area contributed by atoms with Gasteiger partial charge in [-0.2, -0.15) is 0 Å². The Labute approximate surface area is 86.3 Å². The van der Waals surface area contributed by atoms with Gasteiger partial charge in [-0.25, -0.2) is 0 Å². The lowest BCUT2D eigenvalue weighted by Gasteiger charge is -2.61. The fourth-order valence-corrected chi connectivity index (χ4v) is 3.49. The van der Waals surface area contributed by atoms with E-state index in [1.54, 1.807) is 0 Å². The van der Waals surface area contributed by atoms with Crippen LogP contribution in [0.2, 0.25) is 0 Å². The first kappa shape index (κ1) is 10.4. The lowest BCUT2D eigenvalue weighted by atomic mass is 9.49. The minimum absolute atomic E-state index is 0.0334. The molecule has 3 aliphatic rings. The molecule has 14 heavy (non-hydrogen) atoms. The summed E-state index contributed by atoms with van der Waals surface area (Å²) < 4.78 is 0. The van der Waals surface area contributed by atoms with Gasteiger partial charge in [0.2, 0.25) is 0 Å². The van der Waals surface area contributed by atoms with Gasteiger partial charge < -0.3 is 10.2 Å². The van der Waals surface area contributed by atoms with E-state index in [0.29, 0.717) is 6.42 Å². The summed E-state index contributed by atoms with van der Waals surface area (Å²) in [6.45, 7) is 6.32. The Morgan fingerprint density at radius 3 is 1.86 bits per heavy atom. The second-order valence-electron chi connectivity index (χ2n) is 6.04. The molecule has 0 aromatic rings. The summed E-state index contributed by atoms with van der Waals surface area (Å²) in [4.78, 5) is 0. The Hall–Kier alpha value is -0.0800. The highest BCUT2D eigenvalue weighted by Crippen LogP contribution is 2.59. The number of hydrogen-bond donors (Lipinski definition) is 2. The van der Waals surface area contributed by atoms with Crippen molar-refractivity contribution < 1.29 is 10.2 Å². The van der Waals surface area contributed by atoms with E-state index in [-0.39, 0.29) is 11.3 Å². The highest BCUT2D eigenvalue weighted by molar-refractivity contribution is 5.12. The lowest BCUT2D eigenvalue weighted by Crippen LogP contribution is -2.63. The van der Waals surface area contributed by atoms with Gasteiger partial charge in [0, 0.05) is 6.42 Å². The molecule has 1 unspecified atom stereocenters. The highest BCUT2D eigenvalue weighted by atomic mass is 16.3. The molecule has 0 aliphatic heterocycles. The Kier molecular flexibility index (Phi) is 2.04. The van der Waals surface area contributed by atoms with Crippen molar-refractivity contribution in [2.75, 3.05) is 0 Å². The molecule has 0 heterocycles. The maximum atomic E-state index is 10.7. The van der Waals surface area contributed by atoms with Gasteiger partial charge in [0.05, 0.1) is 11.2 Å². The van der Waals surface area contributed by atoms with Gasteiger partial charge in [0.1, 0.15) is 0 Å². The van der Waals surface area contributed by atoms with Gasteiger partial charge >= 0.3 is 0 Å². The average molecular weight is 198 g/mol.